The maximum atomic E-state index is 12.6. The number of rotatable bonds is 8. The molecular formula is C24H21N5O3S. The molecule has 2 aromatic carbocycles. The molecule has 4 aromatic rings. The molecule has 0 aliphatic rings. The second kappa shape index (κ2) is 10.1. The highest BCUT2D eigenvalue weighted by Gasteiger charge is 2.13. The number of carbonyl (C=O) groups is 3. The molecule has 0 unspecified atom stereocenters. The summed E-state index contributed by atoms with van der Waals surface area (Å²) < 4.78 is 1.69. The molecule has 2 amide bonds. The van der Waals surface area contributed by atoms with Crippen LogP contribution < -0.4 is 10.6 Å². The highest BCUT2D eigenvalue weighted by atomic mass is 32.2. The number of amides is 2. The summed E-state index contributed by atoms with van der Waals surface area (Å²) in [7, 11) is 0. The summed E-state index contributed by atoms with van der Waals surface area (Å²) in [4.78, 5) is 36.3. The molecule has 166 valence electrons. The molecule has 0 aliphatic carbocycles. The largest absolute Gasteiger partial charge is 0.348 e. The van der Waals surface area contributed by atoms with Crippen molar-refractivity contribution in [2.45, 2.75) is 18.6 Å². The number of nitrogens with one attached hydrogen (secondary N) is 2. The van der Waals surface area contributed by atoms with Crippen LogP contribution in [-0.2, 0) is 11.3 Å². The van der Waals surface area contributed by atoms with Crippen molar-refractivity contribution in [3.63, 3.8) is 0 Å². The lowest BCUT2D eigenvalue weighted by atomic mass is 10.1. The van der Waals surface area contributed by atoms with Crippen LogP contribution in [0.2, 0.25) is 0 Å². The van der Waals surface area contributed by atoms with Crippen LogP contribution in [0.15, 0.2) is 78.1 Å². The predicted octanol–water partition coefficient (Wildman–Crippen LogP) is 3.59. The number of hydrogen-bond acceptors (Lipinski definition) is 6. The van der Waals surface area contributed by atoms with Gasteiger partial charge in [0.25, 0.3) is 5.91 Å². The number of aromatic nitrogens is 3. The van der Waals surface area contributed by atoms with Gasteiger partial charge in [0.05, 0.1) is 11.3 Å². The molecule has 0 saturated carbocycles. The van der Waals surface area contributed by atoms with E-state index in [4.69, 9.17) is 0 Å². The first-order valence-electron chi connectivity index (χ1n) is 10.2. The minimum absolute atomic E-state index is 0.0322. The van der Waals surface area contributed by atoms with E-state index in [-0.39, 0.29) is 23.4 Å². The molecule has 2 N–H and O–H groups in total. The molecule has 0 radical (unpaired) electrons. The van der Waals surface area contributed by atoms with Crippen molar-refractivity contribution >= 4 is 40.7 Å². The van der Waals surface area contributed by atoms with Gasteiger partial charge >= 0.3 is 0 Å². The van der Waals surface area contributed by atoms with Crippen molar-refractivity contribution in [3.8, 4) is 0 Å². The number of Topliss-reactive ketones (excluding diaryl/α,β-unsaturated/α-hetero) is 1. The number of ketones is 1. The summed E-state index contributed by atoms with van der Waals surface area (Å²) >= 11 is 1.21. The molecule has 0 atom stereocenters. The van der Waals surface area contributed by atoms with Crippen molar-refractivity contribution in [1.82, 2.24) is 19.9 Å². The van der Waals surface area contributed by atoms with Gasteiger partial charge in [0.2, 0.25) is 5.91 Å². The smallest absolute Gasteiger partial charge is 0.253 e. The third-order valence-electron chi connectivity index (χ3n) is 4.84. The normalized spacial score (nSPS) is 10.7. The third-order valence-corrected chi connectivity index (χ3v) is 5.78. The first-order chi connectivity index (χ1) is 16.0. The summed E-state index contributed by atoms with van der Waals surface area (Å²) in [6, 6.07) is 19.8. The van der Waals surface area contributed by atoms with E-state index in [2.05, 4.69) is 20.8 Å². The summed E-state index contributed by atoms with van der Waals surface area (Å²) in [6.45, 7) is 1.92. The molecule has 0 spiro atoms. The lowest BCUT2D eigenvalue weighted by molar-refractivity contribution is -0.113. The molecule has 0 saturated heterocycles. The quantitative estimate of drug-likeness (QED) is 0.308. The van der Waals surface area contributed by atoms with Crippen molar-refractivity contribution < 1.29 is 14.4 Å². The Labute approximate surface area is 194 Å². The average Bonchev–Trinajstić information content (AvgIpc) is 3.24. The van der Waals surface area contributed by atoms with E-state index in [0.717, 1.165) is 5.56 Å². The van der Waals surface area contributed by atoms with Crippen LogP contribution in [0.3, 0.4) is 0 Å². The average molecular weight is 460 g/mol. The van der Waals surface area contributed by atoms with Crippen molar-refractivity contribution in [2.75, 3.05) is 11.1 Å². The number of carbonyl (C=O) groups excluding carboxylic acids is 3. The lowest BCUT2D eigenvalue weighted by Gasteiger charge is -2.07. The number of pyridine rings is 1. The zero-order valence-corrected chi connectivity index (χ0v) is 18.6. The second-order valence-electron chi connectivity index (χ2n) is 7.27. The maximum Gasteiger partial charge on any atom is 0.253 e. The zero-order valence-electron chi connectivity index (χ0n) is 17.8. The fraction of sp³-hybridized carbons (Fsp3) is 0.125. The van der Waals surface area contributed by atoms with Gasteiger partial charge in [-0.25, -0.2) is 0 Å². The van der Waals surface area contributed by atoms with Crippen LogP contribution in [0.5, 0.6) is 0 Å². The van der Waals surface area contributed by atoms with Gasteiger partial charge < -0.3 is 10.6 Å². The Hall–Kier alpha value is -3.98. The van der Waals surface area contributed by atoms with Crippen molar-refractivity contribution in [2.24, 2.45) is 0 Å². The number of nitrogens with zero attached hydrogens (tertiary/aromatic N) is 3. The molecule has 0 bridgehead atoms. The topological polar surface area (TPSA) is 105 Å². The Kier molecular flexibility index (Phi) is 6.80. The van der Waals surface area contributed by atoms with E-state index in [9.17, 15) is 14.4 Å². The first-order valence-corrected chi connectivity index (χ1v) is 11.2. The van der Waals surface area contributed by atoms with E-state index in [1.807, 2.05) is 30.3 Å². The van der Waals surface area contributed by atoms with Gasteiger partial charge in [-0.3, -0.25) is 18.8 Å². The van der Waals surface area contributed by atoms with Crippen LogP contribution in [0, 0.1) is 0 Å². The predicted molar refractivity (Wildman–Crippen MR) is 126 cm³/mol. The molecule has 0 aliphatic heterocycles. The van der Waals surface area contributed by atoms with E-state index < -0.39 is 0 Å². The number of fused-ring (bicyclic) bond motifs is 1. The Bertz CT molecular complexity index is 1300. The number of thioether (sulfide) groups is 1. The van der Waals surface area contributed by atoms with E-state index in [1.54, 1.807) is 47.0 Å². The monoisotopic (exact) mass is 459 g/mol. The molecule has 9 heteroatoms. The Morgan fingerprint density at radius 1 is 0.909 bits per heavy atom. The fourth-order valence-electron chi connectivity index (χ4n) is 3.10. The van der Waals surface area contributed by atoms with E-state index >= 15 is 0 Å². The molecule has 33 heavy (non-hydrogen) atoms. The number of hydrogen-bond donors (Lipinski definition) is 2. The standard InChI is InChI=1S/C24H21N5O3S/c1-16(30)18-7-10-20(11-8-18)26-22(31)15-33-24-28-27-21-12-9-19(14-29(21)24)23(32)25-13-17-5-3-2-4-6-17/h2-12,14H,13,15H2,1H3,(H,25,32)(H,26,31). The summed E-state index contributed by atoms with van der Waals surface area (Å²) in [5.74, 6) is -0.351. The summed E-state index contributed by atoms with van der Waals surface area (Å²) in [6.07, 6.45) is 1.66. The molecule has 8 nitrogen and oxygen atoms in total. The van der Waals surface area contributed by atoms with E-state index in [0.29, 0.717) is 34.2 Å². The highest BCUT2D eigenvalue weighted by molar-refractivity contribution is 7.99. The van der Waals surface area contributed by atoms with Crippen LogP contribution in [0.4, 0.5) is 5.69 Å². The maximum absolute atomic E-state index is 12.6. The van der Waals surface area contributed by atoms with Gasteiger partial charge in [0.15, 0.2) is 16.6 Å². The van der Waals surface area contributed by atoms with Gasteiger partial charge in [-0.15, -0.1) is 10.2 Å². The highest BCUT2D eigenvalue weighted by Crippen LogP contribution is 2.19. The summed E-state index contributed by atoms with van der Waals surface area (Å²) in [5, 5.41) is 14.4. The third kappa shape index (κ3) is 5.64. The molecular weight excluding hydrogens is 438 g/mol. The second-order valence-corrected chi connectivity index (χ2v) is 8.21. The minimum atomic E-state index is -0.218. The molecule has 2 aromatic heterocycles. The van der Waals surface area contributed by atoms with Crippen molar-refractivity contribution in [1.29, 1.82) is 0 Å². The molecule has 0 fully saturated rings. The van der Waals surface area contributed by atoms with Crippen LogP contribution in [-0.4, -0.2) is 37.9 Å². The van der Waals surface area contributed by atoms with Gasteiger partial charge in [-0.2, -0.15) is 0 Å². The Morgan fingerprint density at radius 2 is 1.64 bits per heavy atom. The zero-order chi connectivity index (χ0) is 23.2. The van der Waals surface area contributed by atoms with E-state index in [1.165, 1.54) is 18.7 Å². The van der Waals surface area contributed by atoms with Gasteiger partial charge in [-0.1, -0.05) is 42.1 Å². The Balaban J connectivity index is 1.38. The fourth-order valence-corrected chi connectivity index (χ4v) is 3.81. The first kappa shape index (κ1) is 22.2. The van der Waals surface area contributed by atoms with Gasteiger partial charge in [-0.05, 0) is 48.9 Å². The lowest BCUT2D eigenvalue weighted by Crippen LogP contribution is -2.23. The SMILES string of the molecule is CC(=O)c1ccc(NC(=O)CSc2nnc3ccc(C(=O)NCc4ccccc4)cn23)cc1. The number of anilines is 1. The van der Waals surface area contributed by atoms with Gasteiger partial charge in [0.1, 0.15) is 0 Å². The van der Waals surface area contributed by atoms with Gasteiger partial charge in [0, 0.05) is 24.0 Å². The van der Waals surface area contributed by atoms with Crippen molar-refractivity contribution in [3.05, 3.63) is 89.6 Å². The summed E-state index contributed by atoms with van der Waals surface area (Å²) in [5.41, 5.74) is 3.25. The van der Waals surface area contributed by atoms with Crippen LogP contribution in [0.1, 0.15) is 33.2 Å². The Morgan fingerprint density at radius 3 is 2.36 bits per heavy atom. The van der Waals surface area contributed by atoms with Crippen LogP contribution in [0.25, 0.3) is 5.65 Å². The molecule has 2 heterocycles. The number of benzene rings is 2. The minimum Gasteiger partial charge on any atom is -0.348 e. The molecule has 4 rings (SSSR count). The van der Waals surface area contributed by atoms with Crippen LogP contribution >= 0.6 is 11.8 Å².